The minimum atomic E-state index is -1.49. The van der Waals surface area contributed by atoms with Crippen LogP contribution in [0.1, 0.15) is 25.3 Å². The molecule has 1 aliphatic carbocycles. The summed E-state index contributed by atoms with van der Waals surface area (Å²) in [6, 6.07) is 9.24. The standard InChI is InChI=1S/C19H20N2O5S/c1-11-10-27-18-19(26-13-7-8-13,17(25)21(18)15(11)16(23)24)20-14(22)9-12-5-3-2-4-6-12/h2-6,13,18H,7-10H2,1H3,(H,20,22)(H,23,24)/t18-,19?/m1/s1. The molecule has 1 aromatic carbocycles. The van der Waals surface area contributed by atoms with Gasteiger partial charge in [0.15, 0.2) is 0 Å². The molecule has 0 aromatic heterocycles. The Morgan fingerprint density at radius 1 is 1.33 bits per heavy atom. The Kier molecular flexibility index (Phi) is 4.47. The smallest absolute Gasteiger partial charge is 0.352 e. The average molecular weight is 388 g/mol. The van der Waals surface area contributed by atoms with E-state index in [9.17, 15) is 19.5 Å². The van der Waals surface area contributed by atoms with Gasteiger partial charge in [-0.1, -0.05) is 30.3 Å². The highest BCUT2D eigenvalue weighted by Gasteiger charge is 2.68. The van der Waals surface area contributed by atoms with Gasteiger partial charge in [-0.15, -0.1) is 11.8 Å². The molecule has 2 aliphatic heterocycles. The van der Waals surface area contributed by atoms with Crippen molar-refractivity contribution in [2.75, 3.05) is 5.75 Å². The summed E-state index contributed by atoms with van der Waals surface area (Å²) < 4.78 is 5.98. The van der Waals surface area contributed by atoms with Crippen LogP contribution in [0, 0.1) is 0 Å². The summed E-state index contributed by atoms with van der Waals surface area (Å²) >= 11 is 1.42. The third kappa shape index (κ3) is 3.12. The lowest BCUT2D eigenvalue weighted by Crippen LogP contribution is -2.81. The molecular formula is C19H20N2O5S. The van der Waals surface area contributed by atoms with Gasteiger partial charge in [0.25, 0.3) is 11.6 Å². The quantitative estimate of drug-likeness (QED) is 0.566. The molecular weight excluding hydrogens is 368 g/mol. The van der Waals surface area contributed by atoms with Gasteiger partial charge in [-0.05, 0) is 30.9 Å². The maximum absolute atomic E-state index is 13.0. The molecule has 1 aromatic rings. The second-order valence-corrected chi connectivity index (χ2v) is 8.10. The minimum absolute atomic E-state index is 0.00363. The highest BCUT2D eigenvalue weighted by molar-refractivity contribution is 8.00. The fraction of sp³-hybridized carbons (Fsp3) is 0.421. The molecule has 142 valence electrons. The first-order chi connectivity index (χ1) is 12.9. The summed E-state index contributed by atoms with van der Waals surface area (Å²) in [6.45, 7) is 1.70. The summed E-state index contributed by atoms with van der Waals surface area (Å²) in [5, 5.41) is 11.7. The van der Waals surface area contributed by atoms with Crippen LogP contribution in [0.4, 0.5) is 0 Å². The Bertz CT molecular complexity index is 836. The van der Waals surface area contributed by atoms with E-state index in [0.717, 1.165) is 18.4 Å². The first-order valence-corrected chi connectivity index (χ1v) is 9.88. The second-order valence-electron chi connectivity index (χ2n) is 7.04. The van der Waals surface area contributed by atoms with E-state index in [0.29, 0.717) is 11.3 Å². The highest BCUT2D eigenvalue weighted by atomic mass is 32.2. The van der Waals surface area contributed by atoms with E-state index in [1.165, 1.54) is 16.7 Å². The van der Waals surface area contributed by atoms with E-state index < -0.39 is 23.0 Å². The van der Waals surface area contributed by atoms with Crippen molar-refractivity contribution in [1.82, 2.24) is 10.2 Å². The summed E-state index contributed by atoms with van der Waals surface area (Å²) in [5.41, 5.74) is -0.0266. The van der Waals surface area contributed by atoms with Gasteiger partial charge < -0.3 is 15.2 Å². The van der Waals surface area contributed by atoms with Crippen LogP contribution < -0.4 is 5.32 Å². The zero-order chi connectivity index (χ0) is 19.2. The molecule has 1 saturated carbocycles. The van der Waals surface area contributed by atoms with Crippen molar-refractivity contribution in [3.63, 3.8) is 0 Å². The Balaban J connectivity index is 1.58. The highest BCUT2D eigenvalue weighted by Crippen LogP contribution is 2.48. The maximum Gasteiger partial charge on any atom is 0.352 e. The van der Waals surface area contributed by atoms with Crippen LogP contribution >= 0.6 is 11.8 Å². The maximum atomic E-state index is 13.0. The van der Waals surface area contributed by atoms with Crippen molar-refractivity contribution in [2.45, 2.75) is 43.4 Å². The van der Waals surface area contributed by atoms with E-state index in [4.69, 9.17) is 4.74 Å². The SMILES string of the molecule is CC1=C(C(=O)O)N2C(=O)C(NC(=O)Cc3ccccc3)(OC3CC3)[C@H]2SC1. The lowest BCUT2D eigenvalue weighted by atomic mass is 9.97. The van der Waals surface area contributed by atoms with Crippen molar-refractivity contribution < 1.29 is 24.2 Å². The van der Waals surface area contributed by atoms with Crippen molar-refractivity contribution in [2.24, 2.45) is 0 Å². The predicted molar refractivity (Wildman–Crippen MR) is 98.6 cm³/mol. The fourth-order valence-electron chi connectivity index (χ4n) is 3.42. The molecule has 7 nitrogen and oxygen atoms in total. The first-order valence-electron chi connectivity index (χ1n) is 8.83. The molecule has 2 N–H and O–H groups in total. The zero-order valence-electron chi connectivity index (χ0n) is 14.8. The Morgan fingerprint density at radius 3 is 2.67 bits per heavy atom. The van der Waals surface area contributed by atoms with E-state index >= 15 is 0 Å². The molecule has 2 amide bonds. The van der Waals surface area contributed by atoms with Crippen LogP contribution in [0.3, 0.4) is 0 Å². The molecule has 2 heterocycles. The number of carboxylic acid groups (broad SMARTS) is 1. The molecule has 27 heavy (non-hydrogen) atoms. The number of rotatable bonds is 6. The summed E-state index contributed by atoms with van der Waals surface area (Å²) in [4.78, 5) is 38.5. The van der Waals surface area contributed by atoms with Gasteiger partial charge in [0.2, 0.25) is 5.91 Å². The Morgan fingerprint density at radius 2 is 2.04 bits per heavy atom. The monoisotopic (exact) mass is 388 g/mol. The normalized spacial score (nSPS) is 27.1. The number of carboxylic acids is 1. The van der Waals surface area contributed by atoms with Crippen LogP contribution in [0.2, 0.25) is 0 Å². The van der Waals surface area contributed by atoms with Crippen molar-refractivity contribution in [3.8, 4) is 0 Å². The number of fused-ring (bicyclic) bond motifs is 1. The number of carbonyl (C=O) groups is 3. The summed E-state index contributed by atoms with van der Waals surface area (Å²) in [6.07, 6.45) is 1.72. The zero-order valence-corrected chi connectivity index (χ0v) is 15.6. The molecule has 0 radical (unpaired) electrons. The predicted octanol–water partition coefficient (Wildman–Crippen LogP) is 1.49. The van der Waals surface area contributed by atoms with E-state index in [1.54, 1.807) is 6.92 Å². The largest absolute Gasteiger partial charge is 0.477 e. The molecule has 0 spiro atoms. The molecule has 4 rings (SSSR count). The topological polar surface area (TPSA) is 95.9 Å². The fourth-order valence-corrected chi connectivity index (χ4v) is 4.76. The number of hydrogen-bond acceptors (Lipinski definition) is 5. The molecule has 1 unspecified atom stereocenters. The van der Waals surface area contributed by atoms with Crippen molar-refractivity contribution in [3.05, 3.63) is 47.2 Å². The Hall–Kier alpha value is -2.32. The van der Waals surface area contributed by atoms with Gasteiger partial charge in [0.1, 0.15) is 11.1 Å². The molecule has 8 heteroatoms. The van der Waals surface area contributed by atoms with Crippen LogP contribution in [0.15, 0.2) is 41.6 Å². The average Bonchev–Trinajstić information content (AvgIpc) is 3.45. The molecule has 2 atom stereocenters. The molecule has 1 saturated heterocycles. The van der Waals surface area contributed by atoms with Crippen molar-refractivity contribution in [1.29, 1.82) is 0 Å². The van der Waals surface area contributed by atoms with Gasteiger partial charge >= 0.3 is 5.97 Å². The number of nitrogens with zero attached hydrogens (tertiary/aromatic N) is 1. The van der Waals surface area contributed by atoms with Crippen LogP contribution in [-0.2, 0) is 25.5 Å². The van der Waals surface area contributed by atoms with E-state index in [-0.39, 0.29) is 24.1 Å². The summed E-state index contributed by atoms with van der Waals surface area (Å²) in [7, 11) is 0. The number of ether oxygens (including phenoxy) is 1. The number of β-lactam (4-membered cyclic amide) rings is 1. The first kappa shape index (κ1) is 18.1. The van der Waals surface area contributed by atoms with Gasteiger partial charge in [-0.3, -0.25) is 14.5 Å². The lowest BCUT2D eigenvalue weighted by molar-refractivity contribution is -0.201. The minimum Gasteiger partial charge on any atom is -0.477 e. The van der Waals surface area contributed by atoms with Gasteiger partial charge in [0, 0.05) is 5.75 Å². The Labute approximate surface area is 160 Å². The third-order valence-corrected chi connectivity index (χ3v) is 6.29. The lowest BCUT2D eigenvalue weighted by Gasteiger charge is -2.56. The number of aliphatic carboxylic acids is 1. The van der Waals surface area contributed by atoms with Gasteiger partial charge in [-0.25, -0.2) is 4.79 Å². The second kappa shape index (κ2) is 6.69. The number of thioether (sulfide) groups is 1. The van der Waals surface area contributed by atoms with Gasteiger partial charge in [-0.2, -0.15) is 0 Å². The summed E-state index contributed by atoms with van der Waals surface area (Å²) in [5.74, 6) is -1.49. The van der Waals surface area contributed by atoms with E-state index in [2.05, 4.69) is 5.32 Å². The molecule has 0 bridgehead atoms. The third-order valence-electron chi connectivity index (χ3n) is 4.83. The van der Waals surface area contributed by atoms with Crippen molar-refractivity contribution >= 4 is 29.5 Å². The number of nitrogens with one attached hydrogen (secondary N) is 1. The number of benzene rings is 1. The number of amides is 2. The number of carbonyl (C=O) groups excluding carboxylic acids is 2. The molecule has 3 aliphatic rings. The molecule has 2 fully saturated rings. The van der Waals surface area contributed by atoms with Crippen LogP contribution in [-0.4, -0.2) is 50.7 Å². The van der Waals surface area contributed by atoms with Crippen LogP contribution in [0.5, 0.6) is 0 Å². The van der Waals surface area contributed by atoms with Crippen LogP contribution in [0.25, 0.3) is 0 Å². The van der Waals surface area contributed by atoms with E-state index in [1.807, 2.05) is 30.3 Å². The number of hydrogen-bond donors (Lipinski definition) is 2. The van der Waals surface area contributed by atoms with Gasteiger partial charge in [0.05, 0.1) is 12.5 Å².